The summed E-state index contributed by atoms with van der Waals surface area (Å²) in [6.45, 7) is 6.55. The molecule has 0 unspecified atom stereocenters. The summed E-state index contributed by atoms with van der Waals surface area (Å²) in [4.78, 5) is 15.6. The molecule has 0 atom stereocenters. The van der Waals surface area contributed by atoms with Crippen LogP contribution < -0.4 is 10.2 Å². The van der Waals surface area contributed by atoms with Gasteiger partial charge in [-0.15, -0.1) is 0 Å². The van der Waals surface area contributed by atoms with Gasteiger partial charge in [-0.25, -0.2) is 9.97 Å². The van der Waals surface area contributed by atoms with Crippen LogP contribution in [-0.2, 0) is 0 Å². The maximum absolute atomic E-state index is 4.36. The molecule has 1 aliphatic rings. The second kappa shape index (κ2) is 6.68. The highest BCUT2D eigenvalue weighted by Crippen LogP contribution is 2.15. The molecule has 2 rings (SSSR count). The first-order valence-corrected chi connectivity index (χ1v) is 6.81. The topological polar surface area (TPSA) is 47.5 Å². The minimum atomic E-state index is 0.875. The Kier molecular flexibility index (Phi) is 4.93. The van der Waals surface area contributed by atoms with E-state index in [1.165, 1.54) is 0 Å². The lowest BCUT2D eigenvalue weighted by atomic mass is 10.3. The van der Waals surface area contributed by atoms with E-state index in [0.29, 0.717) is 0 Å². The standard InChI is InChI=1S/C13H24N6/c1-14-12-10-13(16-11-15-12)19-8-6-18(7-9-19)5-4-17(2)3/h10-11H,4-9H2,1-3H3,(H,14,15,16). The molecule has 1 aromatic rings. The van der Waals surface area contributed by atoms with Gasteiger partial charge in [0.2, 0.25) is 0 Å². The van der Waals surface area contributed by atoms with Gasteiger partial charge in [0.15, 0.2) is 0 Å². The van der Waals surface area contributed by atoms with E-state index >= 15 is 0 Å². The molecular weight excluding hydrogens is 240 g/mol. The van der Waals surface area contributed by atoms with Gasteiger partial charge in [-0.2, -0.15) is 0 Å². The predicted molar refractivity (Wildman–Crippen MR) is 78.8 cm³/mol. The van der Waals surface area contributed by atoms with Crippen molar-refractivity contribution in [2.75, 3.05) is 70.6 Å². The van der Waals surface area contributed by atoms with Crippen LogP contribution in [0.1, 0.15) is 0 Å². The smallest absolute Gasteiger partial charge is 0.134 e. The molecule has 1 aromatic heterocycles. The number of likely N-dealkylation sites (N-methyl/N-ethyl adjacent to an activating group) is 1. The highest BCUT2D eigenvalue weighted by Gasteiger charge is 2.18. The van der Waals surface area contributed by atoms with Crippen LogP contribution in [0.5, 0.6) is 0 Å². The van der Waals surface area contributed by atoms with Crippen LogP contribution >= 0.6 is 0 Å². The molecule has 0 aromatic carbocycles. The Balaban J connectivity index is 1.85. The zero-order valence-corrected chi connectivity index (χ0v) is 12.1. The summed E-state index contributed by atoms with van der Waals surface area (Å²) in [5.74, 6) is 1.90. The van der Waals surface area contributed by atoms with Gasteiger partial charge in [-0.3, -0.25) is 4.90 Å². The van der Waals surface area contributed by atoms with Crippen LogP contribution in [0.15, 0.2) is 12.4 Å². The third-order valence-corrected chi connectivity index (χ3v) is 3.47. The summed E-state index contributed by atoms with van der Waals surface area (Å²) >= 11 is 0. The Labute approximate surface area is 115 Å². The van der Waals surface area contributed by atoms with Gasteiger partial charge in [0.25, 0.3) is 0 Å². The van der Waals surface area contributed by atoms with E-state index in [9.17, 15) is 0 Å². The van der Waals surface area contributed by atoms with Gasteiger partial charge in [-0.1, -0.05) is 0 Å². The van der Waals surface area contributed by atoms with Crippen molar-refractivity contribution in [1.29, 1.82) is 0 Å². The van der Waals surface area contributed by atoms with Crippen LogP contribution in [0.4, 0.5) is 11.6 Å². The Morgan fingerprint density at radius 3 is 2.58 bits per heavy atom. The lowest BCUT2D eigenvalue weighted by Crippen LogP contribution is -2.48. The molecule has 0 spiro atoms. The fraction of sp³-hybridized carbons (Fsp3) is 0.692. The normalized spacial score (nSPS) is 16.9. The minimum Gasteiger partial charge on any atom is -0.373 e. The summed E-state index contributed by atoms with van der Waals surface area (Å²) in [6.07, 6.45) is 1.62. The number of hydrogen-bond acceptors (Lipinski definition) is 6. The molecule has 0 aliphatic carbocycles. The van der Waals surface area contributed by atoms with Gasteiger partial charge in [-0.05, 0) is 14.1 Å². The zero-order valence-electron chi connectivity index (χ0n) is 12.1. The SMILES string of the molecule is CNc1cc(N2CCN(CCN(C)C)CC2)ncn1. The number of nitrogens with zero attached hydrogens (tertiary/aromatic N) is 5. The van der Waals surface area contributed by atoms with Crippen molar-refractivity contribution >= 4 is 11.6 Å². The summed E-state index contributed by atoms with van der Waals surface area (Å²) < 4.78 is 0. The van der Waals surface area contributed by atoms with Crippen molar-refractivity contribution in [3.8, 4) is 0 Å². The lowest BCUT2D eigenvalue weighted by molar-refractivity contribution is 0.229. The molecule has 19 heavy (non-hydrogen) atoms. The van der Waals surface area contributed by atoms with Crippen LogP contribution in [-0.4, -0.2) is 80.2 Å². The van der Waals surface area contributed by atoms with Gasteiger partial charge in [0.1, 0.15) is 18.0 Å². The molecule has 1 N–H and O–H groups in total. The first-order valence-electron chi connectivity index (χ1n) is 6.81. The summed E-state index contributed by atoms with van der Waals surface area (Å²) in [7, 11) is 6.12. The molecule has 1 fully saturated rings. The second-order valence-electron chi connectivity index (χ2n) is 5.14. The van der Waals surface area contributed by atoms with Crippen LogP contribution in [0.3, 0.4) is 0 Å². The number of anilines is 2. The monoisotopic (exact) mass is 264 g/mol. The average molecular weight is 264 g/mol. The quantitative estimate of drug-likeness (QED) is 0.820. The van der Waals surface area contributed by atoms with Gasteiger partial charge in [0, 0.05) is 52.4 Å². The first-order chi connectivity index (χ1) is 9.19. The molecule has 2 heterocycles. The molecule has 0 bridgehead atoms. The third kappa shape index (κ3) is 4.04. The molecule has 0 amide bonds. The van der Waals surface area contributed by atoms with Gasteiger partial charge >= 0.3 is 0 Å². The molecule has 106 valence electrons. The van der Waals surface area contributed by atoms with E-state index in [1.54, 1.807) is 6.33 Å². The van der Waals surface area contributed by atoms with E-state index in [2.05, 4.69) is 44.1 Å². The summed E-state index contributed by atoms with van der Waals surface area (Å²) in [6, 6.07) is 2.01. The molecule has 6 nitrogen and oxygen atoms in total. The Morgan fingerprint density at radius 1 is 1.21 bits per heavy atom. The summed E-state index contributed by atoms with van der Waals surface area (Å²) in [5, 5.41) is 3.05. The number of aromatic nitrogens is 2. The van der Waals surface area contributed by atoms with Crippen molar-refractivity contribution in [2.45, 2.75) is 0 Å². The average Bonchev–Trinajstić information content (AvgIpc) is 2.45. The number of nitrogens with one attached hydrogen (secondary N) is 1. The maximum atomic E-state index is 4.36. The molecule has 1 saturated heterocycles. The predicted octanol–water partition coefficient (Wildman–Crippen LogP) is 0.202. The largest absolute Gasteiger partial charge is 0.373 e. The number of rotatable bonds is 5. The summed E-state index contributed by atoms with van der Waals surface area (Å²) in [5.41, 5.74) is 0. The lowest BCUT2D eigenvalue weighted by Gasteiger charge is -2.35. The highest BCUT2D eigenvalue weighted by atomic mass is 15.3. The van der Waals surface area contributed by atoms with Gasteiger partial charge < -0.3 is 15.1 Å². The van der Waals surface area contributed by atoms with Crippen molar-refractivity contribution in [2.24, 2.45) is 0 Å². The Morgan fingerprint density at radius 2 is 1.95 bits per heavy atom. The van der Waals surface area contributed by atoms with E-state index in [0.717, 1.165) is 50.9 Å². The van der Waals surface area contributed by atoms with E-state index in [4.69, 9.17) is 0 Å². The number of piperazine rings is 1. The molecule has 0 radical (unpaired) electrons. The fourth-order valence-electron chi connectivity index (χ4n) is 2.20. The molecule has 0 saturated carbocycles. The first kappa shape index (κ1) is 14.0. The minimum absolute atomic E-state index is 0.875. The number of hydrogen-bond donors (Lipinski definition) is 1. The van der Waals surface area contributed by atoms with Crippen molar-refractivity contribution in [3.05, 3.63) is 12.4 Å². The van der Waals surface area contributed by atoms with E-state index in [1.807, 2.05) is 13.1 Å². The van der Waals surface area contributed by atoms with E-state index in [-0.39, 0.29) is 0 Å². The Bertz CT molecular complexity index is 386. The van der Waals surface area contributed by atoms with Crippen LogP contribution in [0.2, 0.25) is 0 Å². The van der Waals surface area contributed by atoms with Crippen LogP contribution in [0.25, 0.3) is 0 Å². The second-order valence-corrected chi connectivity index (χ2v) is 5.14. The van der Waals surface area contributed by atoms with Crippen molar-refractivity contribution in [3.63, 3.8) is 0 Å². The molecular formula is C13H24N6. The Hall–Kier alpha value is -1.40. The fourth-order valence-corrected chi connectivity index (χ4v) is 2.20. The third-order valence-electron chi connectivity index (χ3n) is 3.47. The zero-order chi connectivity index (χ0) is 13.7. The van der Waals surface area contributed by atoms with Crippen LogP contribution in [0, 0.1) is 0 Å². The van der Waals surface area contributed by atoms with Crippen molar-refractivity contribution < 1.29 is 0 Å². The van der Waals surface area contributed by atoms with Gasteiger partial charge in [0.05, 0.1) is 0 Å². The van der Waals surface area contributed by atoms with Crippen molar-refractivity contribution in [1.82, 2.24) is 19.8 Å². The highest BCUT2D eigenvalue weighted by molar-refractivity contribution is 5.48. The molecule has 6 heteroatoms. The molecule has 1 aliphatic heterocycles. The maximum Gasteiger partial charge on any atom is 0.134 e. The van der Waals surface area contributed by atoms with E-state index < -0.39 is 0 Å².